The van der Waals surface area contributed by atoms with Gasteiger partial charge in [0.1, 0.15) is 0 Å². The number of rotatable bonds is 4. The molecule has 1 heterocycles. The van der Waals surface area contributed by atoms with Gasteiger partial charge in [0.2, 0.25) is 0 Å². The predicted molar refractivity (Wildman–Crippen MR) is 97.4 cm³/mol. The van der Waals surface area contributed by atoms with Gasteiger partial charge >= 0.3 is 6.18 Å². The largest absolute Gasteiger partial charge is 0.867 e. The third-order valence-electron chi connectivity index (χ3n) is 4.53. The van der Waals surface area contributed by atoms with Gasteiger partial charge in [-0.15, -0.1) is 0 Å². The van der Waals surface area contributed by atoms with E-state index < -0.39 is 28.1 Å². The summed E-state index contributed by atoms with van der Waals surface area (Å²) in [5, 5.41) is 23.2. The number of anilines is 1. The number of nitro benzene ring substituents is 1. The van der Waals surface area contributed by atoms with Gasteiger partial charge in [0.05, 0.1) is 21.9 Å². The van der Waals surface area contributed by atoms with Gasteiger partial charge in [-0.3, -0.25) is 15.1 Å². The van der Waals surface area contributed by atoms with E-state index in [1.807, 2.05) is 4.90 Å². The maximum Gasteiger partial charge on any atom is 0.416 e. The topological polar surface area (TPSA) is 81.8 Å². The van der Waals surface area contributed by atoms with Crippen LogP contribution in [0.2, 0.25) is 0 Å². The van der Waals surface area contributed by atoms with Gasteiger partial charge in [-0.05, 0) is 54.8 Å². The monoisotopic (exact) mass is 392 g/mol. The summed E-state index contributed by atoms with van der Waals surface area (Å²) in [6.45, 7) is 3.00. The molecule has 0 spiro atoms. The SMILES string of the molecule is Cc1cc(C=Nc2cc(C(F)(F)F)ccc2N2CCCC2)c([O-])c([N+](=O)[O-])c1. The molecular weight excluding hydrogens is 375 g/mol. The summed E-state index contributed by atoms with van der Waals surface area (Å²) in [7, 11) is 0. The number of hydrogen-bond acceptors (Lipinski definition) is 5. The zero-order valence-corrected chi connectivity index (χ0v) is 15.0. The minimum Gasteiger partial charge on any atom is -0.867 e. The number of hydrogen-bond donors (Lipinski definition) is 0. The molecule has 1 fully saturated rings. The molecule has 0 bridgehead atoms. The van der Waals surface area contributed by atoms with Crippen LogP contribution in [0, 0.1) is 17.0 Å². The molecule has 6 nitrogen and oxygen atoms in total. The third-order valence-corrected chi connectivity index (χ3v) is 4.53. The smallest absolute Gasteiger partial charge is 0.416 e. The lowest BCUT2D eigenvalue weighted by atomic mass is 10.1. The summed E-state index contributed by atoms with van der Waals surface area (Å²) in [6.07, 6.45) is -1.57. The lowest BCUT2D eigenvalue weighted by Crippen LogP contribution is -2.18. The van der Waals surface area contributed by atoms with Crippen molar-refractivity contribution in [1.29, 1.82) is 0 Å². The van der Waals surface area contributed by atoms with Gasteiger partial charge in [-0.1, -0.05) is 6.07 Å². The van der Waals surface area contributed by atoms with Crippen molar-refractivity contribution in [2.24, 2.45) is 4.99 Å². The summed E-state index contributed by atoms with van der Waals surface area (Å²) in [4.78, 5) is 16.3. The summed E-state index contributed by atoms with van der Waals surface area (Å²) in [5.41, 5.74) is -0.393. The van der Waals surface area contributed by atoms with Crippen LogP contribution >= 0.6 is 0 Å². The van der Waals surface area contributed by atoms with Gasteiger partial charge in [-0.25, -0.2) is 0 Å². The van der Waals surface area contributed by atoms with E-state index >= 15 is 0 Å². The van der Waals surface area contributed by atoms with Crippen LogP contribution in [0.4, 0.5) is 30.2 Å². The Morgan fingerprint density at radius 2 is 1.86 bits per heavy atom. The first kappa shape index (κ1) is 19.7. The fourth-order valence-electron chi connectivity index (χ4n) is 3.18. The molecule has 1 aliphatic heterocycles. The number of halogens is 3. The Morgan fingerprint density at radius 1 is 1.18 bits per heavy atom. The van der Waals surface area contributed by atoms with Crippen molar-refractivity contribution >= 4 is 23.3 Å². The molecular formula is C19H17F3N3O3-. The first-order valence-electron chi connectivity index (χ1n) is 8.63. The van der Waals surface area contributed by atoms with Gasteiger partial charge in [0.15, 0.2) is 0 Å². The van der Waals surface area contributed by atoms with E-state index in [9.17, 15) is 28.4 Å². The van der Waals surface area contributed by atoms with E-state index in [0.717, 1.165) is 37.3 Å². The number of benzene rings is 2. The number of alkyl halides is 3. The highest BCUT2D eigenvalue weighted by atomic mass is 19.4. The molecule has 0 atom stereocenters. The second kappa shape index (κ2) is 7.49. The fourth-order valence-corrected chi connectivity index (χ4v) is 3.18. The maximum atomic E-state index is 13.1. The third kappa shape index (κ3) is 4.08. The lowest BCUT2D eigenvalue weighted by Gasteiger charge is -2.21. The zero-order chi connectivity index (χ0) is 20.5. The molecule has 148 valence electrons. The van der Waals surface area contributed by atoms with E-state index in [4.69, 9.17) is 0 Å². The highest BCUT2D eigenvalue weighted by Gasteiger charge is 2.31. The van der Waals surface area contributed by atoms with Gasteiger partial charge in [0, 0.05) is 25.4 Å². The summed E-state index contributed by atoms with van der Waals surface area (Å²) in [6, 6.07) is 5.88. The minimum atomic E-state index is -4.53. The fraction of sp³-hybridized carbons (Fsp3) is 0.316. The normalized spacial score (nSPS) is 14.8. The van der Waals surface area contributed by atoms with Crippen LogP contribution in [0.1, 0.15) is 29.5 Å². The van der Waals surface area contributed by atoms with Crippen molar-refractivity contribution in [1.82, 2.24) is 0 Å². The highest BCUT2D eigenvalue weighted by molar-refractivity contribution is 5.89. The standard InChI is InChI=1S/C19H18F3N3O3/c1-12-8-13(18(26)17(9-12)25(27)28)11-23-15-10-14(19(20,21)22)4-5-16(15)24-6-2-3-7-24/h4-5,8-11,26H,2-3,6-7H2,1H3/p-1. The molecule has 0 N–H and O–H groups in total. The molecule has 2 aromatic rings. The summed E-state index contributed by atoms with van der Waals surface area (Å²) < 4.78 is 39.3. The number of aliphatic imine (C=N–C) groups is 1. The van der Waals surface area contributed by atoms with Crippen LogP contribution in [0.25, 0.3) is 0 Å². The Hall–Kier alpha value is -3.10. The van der Waals surface area contributed by atoms with E-state index in [1.165, 1.54) is 12.1 Å². The summed E-state index contributed by atoms with van der Waals surface area (Å²) >= 11 is 0. The molecule has 9 heteroatoms. The molecule has 3 rings (SSSR count). The van der Waals surface area contributed by atoms with Gasteiger partial charge in [0.25, 0.3) is 5.69 Å². The Kier molecular flexibility index (Phi) is 5.26. The van der Waals surface area contributed by atoms with Crippen LogP contribution in [0.3, 0.4) is 0 Å². The number of nitro groups is 1. The van der Waals surface area contributed by atoms with Crippen LogP contribution in [0.5, 0.6) is 5.75 Å². The van der Waals surface area contributed by atoms with E-state index in [0.29, 0.717) is 24.3 Å². The van der Waals surface area contributed by atoms with Crippen LogP contribution in [-0.2, 0) is 6.18 Å². The maximum absolute atomic E-state index is 13.1. The molecule has 0 aliphatic carbocycles. The lowest BCUT2D eigenvalue weighted by molar-refractivity contribution is -0.398. The Balaban J connectivity index is 2.06. The second-order valence-corrected chi connectivity index (χ2v) is 6.61. The van der Waals surface area contributed by atoms with E-state index in [-0.39, 0.29) is 11.3 Å². The molecule has 0 aromatic heterocycles. The van der Waals surface area contributed by atoms with Crippen LogP contribution < -0.4 is 10.0 Å². The Bertz CT molecular complexity index is 936. The summed E-state index contributed by atoms with van der Waals surface area (Å²) in [5.74, 6) is -0.825. The quantitative estimate of drug-likeness (QED) is 0.440. The Labute approximate surface area is 159 Å². The first-order chi connectivity index (χ1) is 13.2. The van der Waals surface area contributed by atoms with Crippen molar-refractivity contribution in [2.75, 3.05) is 18.0 Å². The number of aryl methyl sites for hydroxylation is 1. The zero-order valence-electron chi connectivity index (χ0n) is 15.0. The molecule has 0 saturated carbocycles. The number of nitrogens with zero attached hydrogens (tertiary/aromatic N) is 3. The molecule has 0 unspecified atom stereocenters. The van der Waals surface area contributed by atoms with Gasteiger partial charge in [-0.2, -0.15) is 13.2 Å². The van der Waals surface area contributed by atoms with Gasteiger partial charge < -0.3 is 10.0 Å². The Morgan fingerprint density at radius 3 is 2.46 bits per heavy atom. The predicted octanol–water partition coefficient (Wildman–Crippen LogP) is 4.35. The van der Waals surface area contributed by atoms with Crippen molar-refractivity contribution in [3.8, 4) is 5.75 Å². The molecule has 28 heavy (non-hydrogen) atoms. The van der Waals surface area contributed by atoms with Crippen LogP contribution in [0.15, 0.2) is 35.3 Å². The highest BCUT2D eigenvalue weighted by Crippen LogP contribution is 2.38. The van der Waals surface area contributed by atoms with E-state index in [1.54, 1.807) is 6.92 Å². The molecule has 0 radical (unpaired) electrons. The van der Waals surface area contributed by atoms with E-state index in [2.05, 4.69) is 4.99 Å². The average Bonchev–Trinajstić information content (AvgIpc) is 3.15. The van der Waals surface area contributed by atoms with Crippen molar-refractivity contribution in [3.63, 3.8) is 0 Å². The second-order valence-electron chi connectivity index (χ2n) is 6.61. The first-order valence-corrected chi connectivity index (χ1v) is 8.63. The van der Waals surface area contributed by atoms with Crippen LogP contribution in [-0.4, -0.2) is 24.2 Å². The molecule has 1 saturated heterocycles. The molecule has 0 amide bonds. The van der Waals surface area contributed by atoms with Crippen molar-refractivity contribution < 1.29 is 23.2 Å². The average molecular weight is 392 g/mol. The minimum absolute atomic E-state index is 0.0449. The van der Waals surface area contributed by atoms with Crippen molar-refractivity contribution in [2.45, 2.75) is 25.9 Å². The molecule has 2 aromatic carbocycles. The van der Waals surface area contributed by atoms with Crippen molar-refractivity contribution in [3.05, 3.63) is 57.1 Å². The molecule has 1 aliphatic rings.